The number of piperazine rings is 1. The Balaban J connectivity index is 1.37. The molecule has 4 rings (SSSR count). The van der Waals surface area contributed by atoms with Gasteiger partial charge >= 0.3 is 0 Å². The highest BCUT2D eigenvalue weighted by Gasteiger charge is 2.25. The molecule has 0 bridgehead atoms. The summed E-state index contributed by atoms with van der Waals surface area (Å²) in [6.07, 6.45) is 2.27. The van der Waals surface area contributed by atoms with Crippen LogP contribution in [0.15, 0.2) is 54.7 Å². The van der Waals surface area contributed by atoms with Crippen molar-refractivity contribution < 1.29 is 9.59 Å². The molecule has 0 radical (unpaired) electrons. The minimum absolute atomic E-state index is 0.0405. The van der Waals surface area contributed by atoms with Crippen LogP contribution in [0.5, 0.6) is 0 Å². The summed E-state index contributed by atoms with van der Waals surface area (Å²) < 4.78 is 0. The van der Waals surface area contributed by atoms with Gasteiger partial charge in [0.2, 0.25) is 5.91 Å². The number of rotatable bonds is 3. The number of hydrogen-bond donors (Lipinski definition) is 1. The van der Waals surface area contributed by atoms with E-state index in [1.807, 2.05) is 35.4 Å². The molecular weight excluding hydrogens is 362 g/mol. The molecule has 1 N–H and O–H groups in total. The Morgan fingerprint density at radius 3 is 2.48 bits per heavy atom. The number of amides is 2. The van der Waals surface area contributed by atoms with E-state index in [1.165, 1.54) is 0 Å². The van der Waals surface area contributed by atoms with E-state index in [1.54, 1.807) is 29.2 Å². The minimum Gasteiger partial charge on any atom is -0.361 e. The zero-order valence-electron chi connectivity index (χ0n) is 14.8. The van der Waals surface area contributed by atoms with Crippen LogP contribution in [-0.4, -0.2) is 52.8 Å². The molecule has 2 aromatic carbocycles. The van der Waals surface area contributed by atoms with E-state index in [0.717, 1.165) is 16.5 Å². The molecule has 1 fully saturated rings. The fraction of sp³-hybridized carbons (Fsp3) is 0.238. The summed E-state index contributed by atoms with van der Waals surface area (Å²) in [6, 6.07) is 14.9. The lowest BCUT2D eigenvalue weighted by molar-refractivity contribution is -0.131. The topological polar surface area (TPSA) is 56.4 Å². The Morgan fingerprint density at radius 2 is 1.70 bits per heavy atom. The van der Waals surface area contributed by atoms with Crippen molar-refractivity contribution in [2.45, 2.75) is 6.42 Å². The second-order valence-corrected chi connectivity index (χ2v) is 7.16. The number of hydrogen-bond acceptors (Lipinski definition) is 2. The van der Waals surface area contributed by atoms with Gasteiger partial charge in [0, 0.05) is 53.9 Å². The molecular formula is C21H20ClN3O2. The first-order valence-electron chi connectivity index (χ1n) is 8.99. The number of aromatic amines is 1. The maximum Gasteiger partial charge on any atom is 0.254 e. The Labute approximate surface area is 162 Å². The summed E-state index contributed by atoms with van der Waals surface area (Å²) in [5, 5.41) is 1.63. The fourth-order valence-electron chi connectivity index (χ4n) is 3.52. The van der Waals surface area contributed by atoms with E-state index in [2.05, 4.69) is 4.98 Å². The number of aromatic nitrogens is 1. The number of fused-ring (bicyclic) bond motifs is 1. The number of nitrogens with one attached hydrogen (secondary N) is 1. The van der Waals surface area contributed by atoms with E-state index in [-0.39, 0.29) is 11.8 Å². The van der Waals surface area contributed by atoms with Gasteiger partial charge in [0.25, 0.3) is 5.91 Å². The molecule has 27 heavy (non-hydrogen) atoms. The normalized spacial score (nSPS) is 14.6. The number of para-hydroxylation sites is 1. The van der Waals surface area contributed by atoms with E-state index in [9.17, 15) is 9.59 Å². The average Bonchev–Trinajstić information content (AvgIpc) is 3.10. The first kappa shape index (κ1) is 17.6. The third-order valence-electron chi connectivity index (χ3n) is 5.01. The number of carbonyl (C=O) groups is 2. The molecule has 0 saturated carbocycles. The zero-order valence-corrected chi connectivity index (χ0v) is 15.6. The highest BCUT2D eigenvalue weighted by molar-refractivity contribution is 6.30. The smallest absolute Gasteiger partial charge is 0.254 e. The molecule has 2 amide bonds. The van der Waals surface area contributed by atoms with Crippen LogP contribution in [0.3, 0.4) is 0 Å². The van der Waals surface area contributed by atoms with Crippen LogP contribution >= 0.6 is 11.6 Å². The third kappa shape index (κ3) is 3.69. The van der Waals surface area contributed by atoms with Crippen molar-refractivity contribution in [2.75, 3.05) is 26.2 Å². The highest BCUT2D eigenvalue weighted by Crippen LogP contribution is 2.19. The predicted octanol–water partition coefficient (Wildman–Crippen LogP) is 3.35. The van der Waals surface area contributed by atoms with Gasteiger partial charge < -0.3 is 14.8 Å². The molecule has 1 aromatic heterocycles. The molecule has 2 heterocycles. The molecule has 0 unspecified atom stereocenters. The number of nitrogens with zero attached hydrogens (tertiary/aromatic N) is 2. The van der Waals surface area contributed by atoms with Crippen LogP contribution in [0.4, 0.5) is 0 Å². The first-order chi connectivity index (χ1) is 13.1. The summed E-state index contributed by atoms with van der Waals surface area (Å²) in [4.78, 5) is 32.1. The number of benzene rings is 2. The fourth-order valence-corrected chi connectivity index (χ4v) is 3.71. The van der Waals surface area contributed by atoms with Crippen molar-refractivity contribution in [3.8, 4) is 0 Å². The summed E-state index contributed by atoms with van der Waals surface area (Å²) in [6.45, 7) is 2.16. The third-order valence-corrected chi connectivity index (χ3v) is 5.24. The Kier molecular flexibility index (Phi) is 4.86. The lowest BCUT2D eigenvalue weighted by atomic mass is 10.1. The molecule has 0 spiro atoms. The van der Waals surface area contributed by atoms with E-state index >= 15 is 0 Å². The predicted molar refractivity (Wildman–Crippen MR) is 106 cm³/mol. The van der Waals surface area contributed by atoms with Gasteiger partial charge in [-0.2, -0.15) is 0 Å². The standard InChI is InChI=1S/C21H20ClN3O2/c22-17-5-3-4-15(12-17)21(27)25-10-8-24(9-11-25)20(26)13-16-14-23-19-7-2-1-6-18(16)19/h1-7,12,14,23H,8-11,13H2. The van der Waals surface area contributed by atoms with Gasteiger partial charge in [-0.1, -0.05) is 35.9 Å². The maximum absolute atomic E-state index is 12.7. The minimum atomic E-state index is -0.0405. The first-order valence-corrected chi connectivity index (χ1v) is 9.37. The van der Waals surface area contributed by atoms with Crippen molar-refractivity contribution in [3.05, 3.63) is 70.9 Å². The lowest BCUT2D eigenvalue weighted by Crippen LogP contribution is -2.51. The van der Waals surface area contributed by atoms with E-state index < -0.39 is 0 Å². The van der Waals surface area contributed by atoms with Gasteiger partial charge in [0.15, 0.2) is 0 Å². The van der Waals surface area contributed by atoms with Gasteiger partial charge in [-0.15, -0.1) is 0 Å². The number of H-pyrrole nitrogens is 1. The van der Waals surface area contributed by atoms with Crippen molar-refractivity contribution >= 4 is 34.3 Å². The van der Waals surface area contributed by atoms with Crippen molar-refractivity contribution in [3.63, 3.8) is 0 Å². The van der Waals surface area contributed by atoms with Gasteiger partial charge in [-0.25, -0.2) is 0 Å². The summed E-state index contributed by atoms with van der Waals surface area (Å²) in [7, 11) is 0. The molecule has 1 saturated heterocycles. The Morgan fingerprint density at radius 1 is 0.963 bits per heavy atom. The average molecular weight is 382 g/mol. The molecule has 1 aliphatic rings. The monoisotopic (exact) mass is 381 g/mol. The maximum atomic E-state index is 12.7. The highest BCUT2D eigenvalue weighted by atomic mass is 35.5. The quantitative estimate of drug-likeness (QED) is 0.756. The molecule has 5 nitrogen and oxygen atoms in total. The van der Waals surface area contributed by atoms with Gasteiger partial charge in [0.05, 0.1) is 6.42 Å². The van der Waals surface area contributed by atoms with Crippen LogP contribution in [0, 0.1) is 0 Å². The van der Waals surface area contributed by atoms with E-state index in [0.29, 0.717) is 43.2 Å². The lowest BCUT2D eigenvalue weighted by Gasteiger charge is -2.35. The van der Waals surface area contributed by atoms with Crippen molar-refractivity contribution in [1.82, 2.24) is 14.8 Å². The molecule has 138 valence electrons. The summed E-state index contributed by atoms with van der Waals surface area (Å²) in [5.41, 5.74) is 2.63. The molecule has 3 aromatic rings. The second-order valence-electron chi connectivity index (χ2n) is 6.72. The summed E-state index contributed by atoms with van der Waals surface area (Å²) in [5.74, 6) is 0.0517. The van der Waals surface area contributed by atoms with Crippen LogP contribution in [0.2, 0.25) is 5.02 Å². The molecule has 0 atom stereocenters. The largest absolute Gasteiger partial charge is 0.361 e. The molecule has 0 aliphatic carbocycles. The van der Waals surface area contributed by atoms with E-state index in [4.69, 9.17) is 11.6 Å². The van der Waals surface area contributed by atoms with Crippen LogP contribution in [0.25, 0.3) is 10.9 Å². The van der Waals surface area contributed by atoms with Crippen molar-refractivity contribution in [2.24, 2.45) is 0 Å². The summed E-state index contributed by atoms with van der Waals surface area (Å²) >= 11 is 5.98. The SMILES string of the molecule is O=C(Cc1c[nH]c2ccccc12)N1CCN(C(=O)c2cccc(Cl)c2)CC1. The van der Waals surface area contributed by atoms with Crippen LogP contribution in [0.1, 0.15) is 15.9 Å². The molecule has 6 heteroatoms. The van der Waals surface area contributed by atoms with Gasteiger partial charge in [0.1, 0.15) is 0 Å². The molecule has 1 aliphatic heterocycles. The van der Waals surface area contributed by atoms with Crippen LogP contribution in [-0.2, 0) is 11.2 Å². The van der Waals surface area contributed by atoms with Crippen molar-refractivity contribution in [1.29, 1.82) is 0 Å². The van der Waals surface area contributed by atoms with Gasteiger partial charge in [-0.3, -0.25) is 9.59 Å². The second kappa shape index (κ2) is 7.45. The zero-order chi connectivity index (χ0) is 18.8. The van der Waals surface area contributed by atoms with Crippen LogP contribution < -0.4 is 0 Å². The van der Waals surface area contributed by atoms with Gasteiger partial charge in [-0.05, 0) is 29.8 Å². The Hall–Kier alpha value is -2.79. The number of carbonyl (C=O) groups excluding carboxylic acids is 2. The Bertz CT molecular complexity index is 990. The number of halogens is 1.